The quantitative estimate of drug-likeness (QED) is 0.727. The lowest BCUT2D eigenvalue weighted by molar-refractivity contribution is -0.120. The molecule has 2 aromatic rings. The van der Waals surface area contributed by atoms with Crippen molar-refractivity contribution in [3.8, 4) is 11.1 Å². The van der Waals surface area contributed by atoms with Crippen molar-refractivity contribution in [2.75, 3.05) is 0 Å². The van der Waals surface area contributed by atoms with Crippen molar-refractivity contribution in [1.29, 1.82) is 0 Å². The van der Waals surface area contributed by atoms with E-state index >= 15 is 0 Å². The van der Waals surface area contributed by atoms with Gasteiger partial charge >= 0.3 is 0 Å². The lowest BCUT2D eigenvalue weighted by atomic mass is 9.62. The first-order chi connectivity index (χ1) is 15.9. The monoisotopic (exact) mass is 439 g/mol. The number of benzene rings is 1. The predicted molar refractivity (Wildman–Crippen MR) is 127 cm³/mol. The minimum absolute atomic E-state index is 0.00273. The minimum atomic E-state index is -0.568. The van der Waals surface area contributed by atoms with Gasteiger partial charge in [0, 0.05) is 35.1 Å². The zero-order chi connectivity index (χ0) is 22.8. The Morgan fingerprint density at radius 2 is 2.06 bits per heavy atom. The third-order valence-electron chi connectivity index (χ3n) is 7.69. The summed E-state index contributed by atoms with van der Waals surface area (Å²) in [5, 5.41) is 15.5. The van der Waals surface area contributed by atoms with E-state index in [2.05, 4.69) is 76.9 Å². The fourth-order valence-electron chi connectivity index (χ4n) is 6.29. The number of aryl methyl sites for hydroxylation is 1. The molecule has 1 aromatic carbocycles. The van der Waals surface area contributed by atoms with Gasteiger partial charge in [-0.05, 0) is 73.9 Å². The van der Waals surface area contributed by atoms with Gasteiger partial charge in [0.25, 0.3) is 5.91 Å². The summed E-state index contributed by atoms with van der Waals surface area (Å²) in [4.78, 5) is 18.2. The molecule has 3 aliphatic heterocycles. The molecule has 0 radical (unpaired) electrons. The fraction of sp³-hybridized carbons (Fsp3) is 0.407. The summed E-state index contributed by atoms with van der Waals surface area (Å²) in [6, 6.07) is 10.9. The van der Waals surface area contributed by atoms with E-state index in [-0.39, 0.29) is 17.6 Å². The first kappa shape index (κ1) is 20.3. The van der Waals surface area contributed by atoms with Gasteiger partial charge in [-0.25, -0.2) is 0 Å². The van der Waals surface area contributed by atoms with Crippen molar-refractivity contribution < 1.29 is 4.79 Å². The number of hydrogen-bond acceptors (Lipinski definition) is 5. The number of aromatic nitrogens is 1. The Balaban J connectivity index is 1.56. The van der Waals surface area contributed by atoms with Crippen LogP contribution >= 0.6 is 0 Å². The molecular weight excluding hydrogens is 410 g/mol. The summed E-state index contributed by atoms with van der Waals surface area (Å²) >= 11 is 0. The molecule has 1 aliphatic carbocycles. The van der Waals surface area contributed by atoms with Crippen molar-refractivity contribution in [2.24, 2.45) is 10.2 Å². The molecule has 1 amide bonds. The third kappa shape index (κ3) is 2.93. The average Bonchev–Trinajstić information content (AvgIpc) is 3.46. The van der Waals surface area contributed by atoms with Crippen LogP contribution in [0.4, 0.5) is 0 Å². The molecule has 0 fully saturated rings. The van der Waals surface area contributed by atoms with Crippen LogP contribution in [-0.2, 0) is 23.1 Å². The van der Waals surface area contributed by atoms with E-state index in [1.165, 1.54) is 22.4 Å². The maximum Gasteiger partial charge on any atom is 0.250 e. The van der Waals surface area contributed by atoms with Crippen LogP contribution in [0, 0.1) is 0 Å². The van der Waals surface area contributed by atoms with E-state index in [0.29, 0.717) is 0 Å². The maximum atomic E-state index is 13.6. The van der Waals surface area contributed by atoms with Crippen LogP contribution in [0.3, 0.4) is 0 Å². The Kier molecular flexibility index (Phi) is 4.38. The lowest BCUT2D eigenvalue weighted by Crippen LogP contribution is -2.58. The highest BCUT2D eigenvalue weighted by Crippen LogP contribution is 2.51. The molecule has 0 saturated heterocycles. The van der Waals surface area contributed by atoms with Crippen molar-refractivity contribution in [2.45, 2.75) is 70.0 Å². The number of azo groups is 1. The molecule has 33 heavy (non-hydrogen) atoms. The molecule has 2 atom stereocenters. The molecule has 1 aromatic heterocycles. The molecular formula is C27H29N5O. The van der Waals surface area contributed by atoms with Gasteiger partial charge in [-0.15, -0.1) is 0 Å². The first-order valence-electron chi connectivity index (χ1n) is 11.9. The highest BCUT2D eigenvalue weighted by Gasteiger charge is 2.53. The Morgan fingerprint density at radius 1 is 1.18 bits per heavy atom. The van der Waals surface area contributed by atoms with Crippen LogP contribution in [0.1, 0.15) is 56.9 Å². The second-order valence-corrected chi connectivity index (χ2v) is 10.2. The maximum absolute atomic E-state index is 13.6. The Hall–Kier alpha value is -3.28. The summed E-state index contributed by atoms with van der Waals surface area (Å²) in [6.07, 6.45) is 8.35. The number of pyridine rings is 1. The van der Waals surface area contributed by atoms with E-state index < -0.39 is 5.41 Å². The zero-order valence-corrected chi connectivity index (χ0v) is 19.4. The standard InChI is InChI=1S/C27H29N5O/c1-4-27(17-8-5-7-16(13-17)18-11-12-28-21-10-6-9-19(18)21)20-15-29-32-24(20)30-22-14-26(2,3)31-25(33)23(22)27/h5,7-8,11-13,15,24,30H,4,6,9-10,14H2,1-3H3,(H,31,33)/t24?,27-/m0/s1. The zero-order valence-electron chi connectivity index (χ0n) is 19.4. The van der Waals surface area contributed by atoms with E-state index in [9.17, 15) is 4.79 Å². The van der Waals surface area contributed by atoms with E-state index in [4.69, 9.17) is 0 Å². The van der Waals surface area contributed by atoms with Gasteiger partial charge in [0.05, 0.1) is 17.2 Å². The van der Waals surface area contributed by atoms with Crippen LogP contribution in [0.15, 0.2) is 69.8 Å². The summed E-state index contributed by atoms with van der Waals surface area (Å²) in [5.74, 6) is -0.00273. The van der Waals surface area contributed by atoms with E-state index in [1.54, 1.807) is 0 Å². The predicted octanol–water partition coefficient (Wildman–Crippen LogP) is 4.72. The van der Waals surface area contributed by atoms with Crippen LogP contribution in [0.2, 0.25) is 0 Å². The van der Waals surface area contributed by atoms with Gasteiger partial charge in [0.2, 0.25) is 0 Å². The normalized spacial score (nSPS) is 26.8. The van der Waals surface area contributed by atoms with Crippen LogP contribution in [-0.4, -0.2) is 22.6 Å². The van der Waals surface area contributed by atoms with Crippen molar-refractivity contribution >= 4 is 5.91 Å². The second kappa shape index (κ2) is 7.11. The number of carbonyl (C=O) groups excluding carboxylic acids is 1. The van der Waals surface area contributed by atoms with Gasteiger partial charge in [-0.1, -0.05) is 25.1 Å². The summed E-state index contributed by atoms with van der Waals surface area (Å²) in [5.41, 5.74) is 8.14. The minimum Gasteiger partial charge on any atom is -0.362 e. The summed E-state index contributed by atoms with van der Waals surface area (Å²) < 4.78 is 0. The fourth-order valence-corrected chi connectivity index (χ4v) is 6.29. The number of nitrogens with one attached hydrogen (secondary N) is 2. The number of fused-ring (bicyclic) bond motifs is 2. The first-order valence-corrected chi connectivity index (χ1v) is 11.9. The lowest BCUT2D eigenvalue weighted by Gasteiger charge is -2.48. The highest BCUT2D eigenvalue weighted by molar-refractivity contribution is 6.00. The molecule has 6 rings (SSSR count). The summed E-state index contributed by atoms with van der Waals surface area (Å²) in [7, 11) is 0. The largest absolute Gasteiger partial charge is 0.362 e. The Labute approximate surface area is 194 Å². The molecule has 0 spiro atoms. The Morgan fingerprint density at radius 3 is 2.91 bits per heavy atom. The van der Waals surface area contributed by atoms with Crippen LogP contribution in [0.25, 0.3) is 11.1 Å². The molecule has 6 nitrogen and oxygen atoms in total. The SMILES string of the molecule is CC[C@]1(c2cccc(-c3ccnc4c3CCC4)c2)C2=CN=NC2NC2=C1C(=O)NC(C)(C)C2. The van der Waals surface area contributed by atoms with Crippen molar-refractivity contribution in [3.63, 3.8) is 0 Å². The van der Waals surface area contributed by atoms with Crippen molar-refractivity contribution in [3.05, 3.63) is 76.4 Å². The van der Waals surface area contributed by atoms with Gasteiger partial charge in [-0.2, -0.15) is 10.2 Å². The van der Waals surface area contributed by atoms with Gasteiger partial charge in [0.1, 0.15) is 0 Å². The Bertz CT molecular complexity index is 1270. The summed E-state index contributed by atoms with van der Waals surface area (Å²) in [6.45, 7) is 6.29. The molecule has 6 heteroatoms. The number of rotatable bonds is 3. The average molecular weight is 440 g/mol. The highest BCUT2D eigenvalue weighted by atomic mass is 16.2. The van der Waals surface area contributed by atoms with Gasteiger partial charge in [-0.3, -0.25) is 9.78 Å². The topological polar surface area (TPSA) is 78.7 Å². The number of nitrogens with zero attached hydrogens (tertiary/aromatic N) is 3. The number of carbonyl (C=O) groups is 1. The third-order valence-corrected chi connectivity index (χ3v) is 7.69. The smallest absolute Gasteiger partial charge is 0.250 e. The van der Waals surface area contributed by atoms with Gasteiger partial charge < -0.3 is 10.6 Å². The molecule has 1 unspecified atom stereocenters. The molecule has 2 N–H and O–H groups in total. The second-order valence-electron chi connectivity index (χ2n) is 10.2. The van der Waals surface area contributed by atoms with E-state index in [0.717, 1.165) is 54.5 Å². The number of hydrogen-bond donors (Lipinski definition) is 2. The van der Waals surface area contributed by atoms with Crippen molar-refractivity contribution in [1.82, 2.24) is 15.6 Å². The molecule has 168 valence electrons. The van der Waals surface area contributed by atoms with Gasteiger partial charge in [0.15, 0.2) is 6.17 Å². The van der Waals surface area contributed by atoms with E-state index in [1.807, 2.05) is 12.4 Å². The molecule has 4 heterocycles. The van der Waals surface area contributed by atoms with Crippen LogP contribution in [0.5, 0.6) is 0 Å². The molecule has 4 aliphatic rings. The molecule has 0 saturated carbocycles. The molecule has 0 bridgehead atoms. The number of amides is 1. The van der Waals surface area contributed by atoms with Crippen LogP contribution < -0.4 is 10.6 Å².